The maximum atomic E-state index is 13.0. The van der Waals surface area contributed by atoms with E-state index in [2.05, 4.69) is 4.90 Å². The van der Waals surface area contributed by atoms with E-state index >= 15 is 0 Å². The molecule has 0 saturated carbocycles. The highest BCUT2D eigenvalue weighted by atomic mass is 19.1. The quantitative estimate of drug-likeness (QED) is 0.863. The van der Waals surface area contributed by atoms with Gasteiger partial charge in [-0.2, -0.15) is 0 Å². The lowest BCUT2D eigenvalue weighted by molar-refractivity contribution is -0.133. The van der Waals surface area contributed by atoms with E-state index in [9.17, 15) is 13.6 Å². The van der Waals surface area contributed by atoms with Crippen LogP contribution in [0.2, 0.25) is 0 Å². The first-order chi connectivity index (χ1) is 11.6. The molecule has 1 aliphatic rings. The minimum Gasteiger partial charge on any atom is -0.484 e. The molecule has 0 N–H and O–H groups in total. The summed E-state index contributed by atoms with van der Waals surface area (Å²) in [6, 6.07) is 11.9. The van der Waals surface area contributed by atoms with Gasteiger partial charge in [-0.25, -0.2) is 8.78 Å². The van der Waals surface area contributed by atoms with Gasteiger partial charge in [-0.15, -0.1) is 0 Å². The third-order valence-corrected chi connectivity index (χ3v) is 4.00. The number of nitrogens with zero attached hydrogens (tertiary/aromatic N) is 2. The minimum atomic E-state index is -0.342. The Labute approximate surface area is 139 Å². The summed E-state index contributed by atoms with van der Waals surface area (Å²) in [5.74, 6) is -0.233. The van der Waals surface area contributed by atoms with Crippen molar-refractivity contribution in [1.82, 2.24) is 4.90 Å². The second-order valence-electron chi connectivity index (χ2n) is 5.59. The Balaban J connectivity index is 1.48. The van der Waals surface area contributed by atoms with Gasteiger partial charge >= 0.3 is 0 Å². The van der Waals surface area contributed by atoms with Crippen LogP contribution in [0.1, 0.15) is 0 Å². The Hall–Kier alpha value is -2.63. The number of amides is 1. The average molecular weight is 332 g/mol. The van der Waals surface area contributed by atoms with E-state index in [0.29, 0.717) is 31.9 Å². The van der Waals surface area contributed by atoms with Gasteiger partial charge in [0.2, 0.25) is 0 Å². The number of carbonyl (C=O) groups excluding carboxylic acids is 1. The monoisotopic (exact) mass is 332 g/mol. The summed E-state index contributed by atoms with van der Waals surface area (Å²) >= 11 is 0. The maximum Gasteiger partial charge on any atom is 0.260 e. The second kappa shape index (κ2) is 7.29. The molecule has 0 aliphatic carbocycles. The molecule has 0 aromatic heterocycles. The van der Waals surface area contributed by atoms with Gasteiger partial charge in [-0.3, -0.25) is 4.79 Å². The van der Waals surface area contributed by atoms with Gasteiger partial charge in [0, 0.05) is 31.9 Å². The Kier molecular flexibility index (Phi) is 4.93. The molecule has 2 aromatic rings. The Morgan fingerprint density at radius 3 is 2.00 bits per heavy atom. The number of hydrogen-bond acceptors (Lipinski definition) is 3. The molecule has 0 radical (unpaired) electrons. The number of rotatable bonds is 4. The van der Waals surface area contributed by atoms with Gasteiger partial charge in [0.05, 0.1) is 0 Å². The average Bonchev–Trinajstić information content (AvgIpc) is 2.62. The maximum absolute atomic E-state index is 13.0. The molecule has 0 bridgehead atoms. The topological polar surface area (TPSA) is 32.8 Å². The van der Waals surface area contributed by atoms with Crippen LogP contribution < -0.4 is 9.64 Å². The first-order valence-corrected chi connectivity index (χ1v) is 7.78. The Morgan fingerprint density at radius 2 is 1.42 bits per heavy atom. The van der Waals surface area contributed by atoms with Gasteiger partial charge in [0.15, 0.2) is 6.61 Å². The lowest BCUT2D eigenvalue weighted by Gasteiger charge is -2.36. The van der Waals surface area contributed by atoms with Crippen LogP contribution in [0, 0.1) is 11.6 Å². The third-order valence-electron chi connectivity index (χ3n) is 4.00. The molecule has 1 aliphatic heterocycles. The SMILES string of the molecule is O=C(COc1ccc(F)cc1)N1CCN(c2ccc(F)cc2)CC1. The van der Waals surface area contributed by atoms with Crippen LogP contribution in [-0.2, 0) is 4.79 Å². The van der Waals surface area contributed by atoms with Crippen molar-refractivity contribution in [3.63, 3.8) is 0 Å². The van der Waals surface area contributed by atoms with Crippen molar-refractivity contribution in [2.45, 2.75) is 0 Å². The summed E-state index contributed by atoms with van der Waals surface area (Å²) in [7, 11) is 0. The molecule has 0 unspecified atom stereocenters. The van der Waals surface area contributed by atoms with Crippen molar-refractivity contribution in [3.8, 4) is 5.75 Å². The summed E-state index contributed by atoms with van der Waals surface area (Å²) in [5.41, 5.74) is 0.950. The summed E-state index contributed by atoms with van der Waals surface area (Å²) in [6.07, 6.45) is 0. The van der Waals surface area contributed by atoms with E-state index in [4.69, 9.17) is 4.74 Å². The van der Waals surface area contributed by atoms with Crippen molar-refractivity contribution in [2.75, 3.05) is 37.7 Å². The number of hydrogen-bond donors (Lipinski definition) is 0. The number of halogens is 2. The highest BCUT2D eigenvalue weighted by Gasteiger charge is 2.21. The standard InChI is InChI=1S/C18H18F2N2O2/c19-14-1-5-16(6-2-14)21-9-11-22(12-10-21)18(23)13-24-17-7-3-15(20)4-8-17/h1-8H,9-13H2. The molecular formula is C18H18F2N2O2. The summed E-state index contributed by atoms with van der Waals surface area (Å²) in [5, 5.41) is 0. The number of benzene rings is 2. The molecule has 3 rings (SSSR count). The second-order valence-corrected chi connectivity index (χ2v) is 5.59. The molecule has 0 atom stereocenters. The molecular weight excluding hydrogens is 314 g/mol. The van der Waals surface area contributed by atoms with Gasteiger partial charge in [-0.05, 0) is 48.5 Å². The van der Waals surface area contributed by atoms with E-state index in [1.165, 1.54) is 36.4 Å². The summed E-state index contributed by atoms with van der Waals surface area (Å²) in [4.78, 5) is 16.0. The first kappa shape index (κ1) is 16.2. The predicted molar refractivity (Wildman–Crippen MR) is 87.1 cm³/mol. The molecule has 0 spiro atoms. The molecule has 4 nitrogen and oxygen atoms in total. The molecule has 1 heterocycles. The molecule has 1 fully saturated rings. The number of carbonyl (C=O) groups is 1. The van der Waals surface area contributed by atoms with Gasteiger partial charge < -0.3 is 14.5 Å². The van der Waals surface area contributed by atoms with Gasteiger partial charge in [0.1, 0.15) is 17.4 Å². The Morgan fingerprint density at radius 1 is 0.875 bits per heavy atom. The normalized spacial score (nSPS) is 14.6. The van der Waals surface area contributed by atoms with Crippen molar-refractivity contribution in [1.29, 1.82) is 0 Å². The molecule has 2 aromatic carbocycles. The van der Waals surface area contributed by atoms with E-state index in [1.54, 1.807) is 17.0 Å². The van der Waals surface area contributed by atoms with Gasteiger partial charge in [-0.1, -0.05) is 0 Å². The fraction of sp³-hybridized carbons (Fsp3) is 0.278. The molecule has 6 heteroatoms. The van der Waals surface area contributed by atoms with Crippen molar-refractivity contribution >= 4 is 11.6 Å². The van der Waals surface area contributed by atoms with Crippen LogP contribution in [0.5, 0.6) is 5.75 Å². The van der Waals surface area contributed by atoms with Crippen LogP contribution >= 0.6 is 0 Å². The van der Waals surface area contributed by atoms with Crippen LogP contribution in [0.25, 0.3) is 0 Å². The van der Waals surface area contributed by atoms with Crippen molar-refractivity contribution in [2.24, 2.45) is 0 Å². The summed E-state index contributed by atoms with van der Waals surface area (Å²) in [6.45, 7) is 2.48. The van der Waals surface area contributed by atoms with E-state index in [0.717, 1.165) is 5.69 Å². The number of piperazine rings is 1. The van der Waals surface area contributed by atoms with Crippen LogP contribution in [0.15, 0.2) is 48.5 Å². The van der Waals surface area contributed by atoms with E-state index in [-0.39, 0.29) is 24.1 Å². The van der Waals surface area contributed by atoms with E-state index < -0.39 is 0 Å². The zero-order valence-electron chi connectivity index (χ0n) is 13.1. The number of ether oxygens (including phenoxy) is 1. The molecule has 1 amide bonds. The van der Waals surface area contributed by atoms with Crippen LogP contribution in [-0.4, -0.2) is 43.6 Å². The summed E-state index contributed by atoms with van der Waals surface area (Å²) < 4.78 is 31.2. The highest BCUT2D eigenvalue weighted by molar-refractivity contribution is 5.78. The number of anilines is 1. The zero-order chi connectivity index (χ0) is 16.9. The molecule has 1 saturated heterocycles. The third kappa shape index (κ3) is 4.01. The fourth-order valence-corrected chi connectivity index (χ4v) is 2.63. The lowest BCUT2D eigenvalue weighted by Crippen LogP contribution is -2.50. The van der Waals surface area contributed by atoms with Crippen LogP contribution in [0.3, 0.4) is 0 Å². The first-order valence-electron chi connectivity index (χ1n) is 7.78. The van der Waals surface area contributed by atoms with Crippen molar-refractivity contribution in [3.05, 3.63) is 60.2 Å². The van der Waals surface area contributed by atoms with Crippen molar-refractivity contribution < 1.29 is 18.3 Å². The zero-order valence-corrected chi connectivity index (χ0v) is 13.1. The smallest absolute Gasteiger partial charge is 0.260 e. The van der Waals surface area contributed by atoms with Gasteiger partial charge in [0.25, 0.3) is 5.91 Å². The lowest BCUT2D eigenvalue weighted by atomic mass is 10.2. The highest BCUT2D eigenvalue weighted by Crippen LogP contribution is 2.17. The molecule has 24 heavy (non-hydrogen) atoms. The fourth-order valence-electron chi connectivity index (χ4n) is 2.63. The van der Waals surface area contributed by atoms with Crippen LogP contribution in [0.4, 0.5) is 14.5 Å². The Bertz CT molecular complexity index is 681. The predicted octanol–water partition coefficient (Wildman–Crippen LogP) is 2.69. The molecule has 126 valence electrons. The minimum absolute atomic E-state index is 0.0673. The largest absolute Gasteiger partial charge is 0.484 e. The van der Waals surface area contributed by atoms with E-state index in [1.807, 2.05) is 0 Å².